The largest absolute Gasteiger partial charge is 0.496 e. The molecule has 0 atom stereocenters. The van der Waals surface area contributed by atoms with Crippen molar-refractivity contribution < 1.29 is 14.3 Å². The van der Waals surface area contributed by atoms with Gasteiger partial charge in [-0.25, -0.2) is 0 Å². The maximum absolute atomic E-state index is 12.1. The summed E-state index contributed by atoms with van der Waals surface area (Å²) in [6.45, 7) is -0.163. The number of Topliss-reactive ketones (excluding diaryl/α,β-unsaturated/α-hetero) is 1. The number of halogens is 2. The van der Waals surface area contributed by atoms with E-state index in [1.807, 2.05) is 0 Å². The number of methoxy groups -OCH3 is 1. The van der Waals surface area contributed by atoms with Crippen LogP contribution in [-0.4, -0.2) is 19.5 Å². The fourth-order valence-corrected chi connectivity index (χ4v) is 2.22. The lowest BCUT2D eigenvalue weighted by Crippen LogP contribution is -2.13. The van der Waals surface area contributed by atoms with Gasteiger partial charge >= 0.3 is 0 Å². The van der Waals surface area contributed by atoms with E-state index < -0.39 is 0 Å². The van der Waals surface area contributed by atoms with Crippen LogP contribution in [0.15, 0.2) is 42.5 Å². The summed E-state index contributed by atoms with van der Waals surface area (Å²) in [7, 11) is 1.51. The van der Waals surface area contributed by atoms with Crippen LogP contribution in [0.25, 0.3) is 0 Å². The van der Waals surface area contributed by atoms with E-state index in [0.29, 0.717) is 27.1 Å². The third-order valence-corrected chi connectivity index (χ3v) is 3.27. The van der Waals surface area contributed by atoms with E-state index in [-0.39, 0.29) is 12.4 Å². The van der Waals surface area contributed by atoms with Crippen LogP contribution in [0.1, 0.15) is 10.4 Å². The first-order valence-electron chi connectivity index (χ1n) is 5.86. The van der Waals surface area contributed by atoms with Gasteiger partial charge in [0.1, 0.15) is 5.75 Å². The Bertz CT molecular complexity index is 606. The minimum atomic E-state index is -0.210. The van der Waals surface area contributed by atoms with E-state index in [1.165, 1.54) is 7.11 Å². The number of hydrogen-bond acceptors (Lipinski definition) is 3. The fraction of sp³-hybridized carbons (Fsp3) is 0.133. The number of carbonyl (C=O) groups excluding carboxylic acids is 1. The first kappa shape index (κ1) is 14.7. The number of para-hydroxylation sites is 2. The Morgan fingerprint density at radius 1 is 1.05 bits per heavy atom. The van der Waals surface area contributed by atoms with Gasteiger partial charge in [0.25, 0.3) is 0 Å². The van der Waals surface area contributed by atoms with Crippen molar-refractivity contribution in [3.63, 3.8) is 0 Å². The van der Waals surface area contributed by atoms with Crippen molar-refractivity contribution in [3.05, 3.63) is 58.1 Å². The summed E-state index contributed by atoms with van der Waals surface area (Å²) in [6.07, 6.45) is 0. The maximum atomic E-state index is 12.1. The van der Waals surface area contributed by atoms with Crippen LogP contribution in [0.4, 0.5) is 0 Å². The molecule has 0 saturated heterocycles. The summed E-state index contributed by atoms with van der Waals surface area (Å²) < 4.78 is 10.6. The molecule has 2 aromatic rings. The topological polar surface area (TPSA) is 35.5 Å². The summed E-state index contributed by atoms with van der Waals surface area (Å²) in [6, 6.07) is 12.0. The van der Waals surface area contributed by atoms with Gasteiger partial charge in [-0.2, -0.15) is 0 Å². The van der Waals surface area contributed by atoms with E-state index in [2.05, 4.69) is 0 Å². The molecule has 2 rings (SSSR count). The smallest absolute Gasteiger partial charge is 0.203 e. The van der Waals surface area contributed by atoms with Crippen LogP contribution in [-0.2, 0) is 0 Å². The molecule has 0 unspecified atom stereocenters. The van der Waals surface area contributed by atoms with Crippen LogP contribution < -0.4 is 9.47 Å². The molecule has 0 amide bonds. The Hall–Kier alpha value is -1.71. The minimum Gasteiger partial charge on any atom is -0.496 e. The average molecular weight is 311 g/mol. The summed E-state index contributed by atoms with van der Waals surface area (Å²) in [5, 5.41) is 0.732. The Labute approximate surface area is 127 Å². The quantitative estimate of drug-likeness (QED) is 0.774. The predicted molar refractivity (Wildman–Crippen MR) is 79.3 cm³/mol. The van der Waals surface area contributed by atoms with Gasteiger partial charge in [0.15, 0.2) is 12.4 Å². The first-order valence-corrected chi connectivity index (χ1v) is 6.62. The van der Waals surface area contributed by atoms with Crippen molar-refractivity contribution >= 4 is 29.0 Å². The number of ketones is 1. The molecule has 5 heteroatoms. The molecular formula is C15H12Cl2O3. The SMILES string of the molecule is COc1ccccc1C(=O)COc1c(Cl)cccc1Cl. The highest BCUT2D eigenvalue weighted by molar-refractivity contribution is 6.37. The number of benzene rings is 2. The molecule has 0 aliphatic heterocycles. The molecule has 0 heterocycles. The number of rotatable bonds is 5. The normalized spacial score (nSPS) is 10.2. The van der Waals surface area contributed by atoms with Gasteiger partial charge in [-0.3, -0.25) is 4.79 Å². The number of carbonyl (C=O) groups is 1. The molecule has 104 valence electrons. The maximum Gasteiger partial charge on any atom is 0.203 e. The number of hydrogen-bond donors (Lipinski definition) is 0. The second kappa shape index (κ2) is 6.64. The van der Waals surface area contributed by atoms with Gasteiger partial charge < -0.3 is 9.47 Å². The predicted octanol–water partition coefficient (Wildman–Crippen LogP) is 4.26. The van der Waals surface area contributed by atoms with Crippen molar-refractivity contribution in [3.8, 4) is 11.5 Å². The molecule has 0 saturated carbocycles. The second-order valence-electron chi connectivity index (χ2n) is 3.96. The molecule has 20 heavy (non-hydrogen) atoms. The monoisotopic (exact) mass is 310 g/mol. The van der Waals surface area contributed by atoms with Gasteiger partial charge in [0.05, 0.1) is 22.7 Å². The van der Waals surface area contributed by atoms with Crippen molar-refractivity contribution in [2.75, 3.05) is 13.7 Å². The Balaban J connectivity index is 2.13. The van der Waals surface area contributed by atoms with Gasteiger partial charge in [0, 0.05) is 0 Å². The molecule has 0 N–H and O–H groups in total. The zero-order valence-electron chi connectivity index (χ0n) is 10.7. The summed E-state index contributed by atoms with van der Waals surface area (Å²) in [5.41, 5.74) is 0.457. The Kier molecular flexibility index (Phi) is 4.88. The highest BCUT2D eigenvalue weighted by Gasteiger charge is 2.14. The van der Waals surface area contributed by atoms with Crippen LogP contribution in [0.3, 0.4) is 0 Å². The average Bonchev–Trinajstić information content (AvgIpc) is 2.46. The van der Waals surface area contributed by atoms with Gasteiger partial charge in [-0.05, 0) is 24.3 Å². The van der Waals surface area contributed by atoms with Gasteiger partial charge in [-0.15, -0.1) is 0 Å². The van der Waals surface area contributed by atoms with Gasteiger partial charge in [0.2, 0.25) is 5.78 Å². The van der Waals surface area contributed by atoms with E-state index in [9.17, 15) is 4.79 Å². The third-order valence-electron chi connectivity index (χ3n) is 2.67. The van der Waals surface area contributed by atoms with Gasteiger partial charge in [-0.1, -0.05) is 41.4 Å². The highest BCUT2D eigenvalue weighted by atomic mass is 35.5. The van der Waals surface area contributed by atoms with Crippen molar-refractivity contribution in [1.82, 2.24) is 0 Å². The fourth-order valence-electron chi connectivity index (χ4n) is 1.71. The summed E-state index contributed by atoms with van der Waals surface area (Å²) >= 11 is 11.9. The molecule has 0 aliphatic rings. The lowest BCUT2D eigenvalue weighted by molar-refractivity contribution is 0.0918. The molecular weight excluding hydrogens is 299 g/mol. The standard InChI is InChI=1S/C15H12Cl2O3/c1-19-14-8-3-2-5-10(14)13(18)9-20-15-11(16)6-4-7-12(15)17/h2-8H,9H2,1H3. The Morgan fingerprint density at radius 3 is 2.35 bits per heavy atom. The molecule has 0 radical (unpaired) electrons. The second-order valence-corrected chi connectivity index (χ2v) is 4.78. The highest BCUT2D eigenvalue weighted by Crippen LogP contribution is 2.32. The lowest BCUT2D eigenvalue weighted by atomic mass is 10.1. The molecule has 0 fully saturated rings. The minimum absolute atomic E-state index is 0.163. The summed E-state index contributed by atoms with van der Waals surface area (Å²) in [5.74, 6) is 0.601. The molecule has 0 aliphatic carbocycles. The van der Waals surface area contributed by atoms with Crippen molar-refractivity contribution in [1.29, 1.82) is 0 Å². The van der Waals surface area contributed by atoms with Crippen LogP contribution in [0, 0.1) is 0 Å². The molecule has 3 nitrogen and oxygen atoms in total. The Morgan fingerprint density at radius 2 is 1.70 bits per heavy atom. The summed E-state index contributed by atoms with van der Waals surface area (Å²) in [4.78, 5) is 12.1. The van der Waals surface area contributed by atoms with E-state index in [4.69, 9.17) is 32.7 Å². The van der Waals surface area contributed by atoms with Crippen LogP contribution >= 0.6 is 23.2 Å². The van der Waals surface area contributed by atoms with E-state index in [0.717, 1.165) is 0 Å². The van der Waals surface area contributed by atoms with Crippen molar-refractivity contribution in [2.24, 2.45) is 0 Å². The molecule has 2 aromatic carbocycles. The van der Waals surface area contributed by atoms with Crippen LogP contribution in [0.2, 0.25) is 10.0 Å². The number of ether oxygens (including phenoxy) is 2. The first-order chi connectivity index (χ1) is 9.63. The van der Waals surface area contributed by atoms with Crippen LogP contribution in [0.5, 0.6) is 11.5 Å². The zero-order chi connectivity index (χ0) is 14.5. The van der Waals surface area contributed by atoms with Crippen molar-refractivity contribution in [2.45, 2.75) is 0 Å². The molecule has 0 bridgehead atoms. The molecule has 0 spiro atoms. The van der Waals surface area contributed by atoms with E-state index >= 15 is 0 Å². The van der Waals surface area contributed by atoms with E-state index in [1.54, 1.807) is 42.5 Å². The zero-order valence-corrected chi connectivity index (χ0v) is 12.2. The third kappa shape index (κ3) is 3.24. The molecule has 0 aromatic heterocycles. The lowest BCUT2D eigenvalue weighted by Gasteiger charge is -2.10.